The number of rotatable bonds is 14. The number of allylic oxidation sites excluding steroid dienone is 2. The lowest BCUT2D eigenvalue weighted by molar-refractivity contribution is -0.908. The van der Waals surface area contributed by atoms with E-state index in [9.17, 15) is 14.2 Å². The monoisotopic (exact) mass is 361 g/mol. The molecular formula is C16H30N2O5P+3. The highest BCUT2D eigenvalue weighted by Gasteiger charge is 2.31. The number of quaternary nitrogens is 2. The van der Waals surface area contributed by atoms with Gasteiger partial charge < -0.3 is 8.97 Å². The smallest absolute Gasteiger partial charge is 0.302 e. The fourth-order valence-electron chi connectivity index (χ4n) is 1.60. The van der Waals surface area contributed by atoms with Gasteiger partial charge in [-0.15, -0.1) is 0 Å². The molecule has 0 bridgehead atoms. The third-order valence-corrected chi connectivity index (χ3v) is 4.06. The zero-order valence-corrected chi connectivity index (χ0v) is 16.1. The Bertz CT molecular complexity index is 447. The Morgan fingerprint density at radius 2 is 1.21 bits per heavy atom. The van der Waals surface area contributed by atoms with Gasteiger partial charge in [-0.1, -0.05) is 22.2 Å². The van der Waals surface area contributed by atoms with Gasteiger partial charge in [0.1, 0.15) is 0 Å². The Labute approximate surface area is 145 Å². The molecular weight excluding hydrogens is 331 g/mol. The Kier molecular flexibility index (Phi) is 10.0. The van der Waals surface area contributed by atoms with Crippen molar-refractivity contribution in [2.24, 2.45) is 0 Å². The summed E-state index contributed by atoms with van der Waals surface area (Å²) in [7, 11) is 5.24. The van der Waals surface area contributed by atoms with Crippen LogP contribution >= 0.6 is 8.25 Å². The molecule has 0 aliphatic carbocycles. The van der Waals surface area contributed by atoms with Crippen LogP contribution in [0.4, 0.5) is 0 Å². The lowest BCUT2D eigenvalue weighted by atomic mass is 10.2. The summed E-state index contributed by atoms with van der Waals surface area (Å²) in [6, 6.07) is 0. The van der Waals surface area contributed by atoms with Gasteiger partial charge in [-0.05, 0) is 12.2 Å². The average molecular weight is 361 g/mol. The van der Waals surface area contributed by atoms with Crippen LogP contribution in [0.3, 0.4) is 0 Å². The molecule has 7 nitrogen and oxygen atoms in total. The van der Waals surface area contributed by atoms with Crippen LogP contribution in [-0.2, 0) is 23.2 Å². The molecule has 0 radical (unpaired) electrons. The molecule has 24 heavy (non-hydrogen) atoms. The molecule has 0 N–H and O–H groups in total. The first-order valence-electron chi connectivity index (χ1n) is 7.69. The molecule has 8 heteroatoms. The molecule has 0 spiro atoms. The maximum Gasteiger partial charge on any atom is 0.709 e. The van der Waals surface area contributed by atoms with Crippen molar-refractivity contribution in [3.05, 3.63) is 25.3 Å². The minimum absolute atomic E-state index is 0.0324. The highest BCUT2D eigenvalue weighted by atomic mass is 31.1. The maximum absolute atomic E-state index is 11.8. The SMILES string of the molecule is C=CC(=O)CC[N+](C)(C)CO[P+](=O)OC[N+](C)(C)CCC(=O)C=C. The van der Waals surface area contributed by atoms with Crippen LogP contribution in [0, 0.1) is 0 Å². The standard InChI is InChI=1S/C16H30N2O5P/c1-7-15(19)9-11-17(3,4)13-22-24(21)23-14-18(5,6)12-10-16(20)8-2/h7-8H,1-2,9-14H2,3-6H3/q+3. The quantitative estimate of drug-likeness (QED) is 0.205. The summed E-state index contributed by atoms with van der Waals surface area (Å²) in [6.45, 7) is 8.31. The van der Waals surface area contributed by atoms with Gasteiger partial charge >= 0.3 is 8.25 Å². The van der Waals surface area contributed by atoms with Crippen LogP contribution in [-0.4, -0.2) is 75.3 Å². The van der Waals surface area contributed by atoms with Gasteiger partial charge in [0.2, 0.25) is 13.5 Å². The fraction of sp³-hybridized carbons (Fsp3) is 0.625. The topological polar surface area (TPSA) is 69.7 Å². The fourth-order valence-corrected chi connectivity index (χ4v) is 2.49. The predicted molar refractivity (Wildman–Crippen MR) is 93.1 cm³/mol. The van der Waals surface area contributed by atoms with E-state index in [-0.39, 0.29) is 25.0 Å². The van der Waals surface area contributed by atoms with Crippen molar-refractivity contribution in [2.45, 2.75) is 12.8 Å². The highest BCUT2D eigenvalue weighted by molar-refractivity contribution is 7.33. The van der Waals surface area contributed by atoms with Crippen molar-refractivity contribution in [1.82, 2.24) is 0 Å². The molecule has 0 aromatic rings. The molecule has 0 aromatic heterocycles. The van der Waals surface area contributed by atoms with E-state index in [1.807, 2.05) is 28.2 Å². The number of nitrogens with zero attached hydrogens (tertiary/aromatic N) is 2. The Morgan fingerprint density at radius 1 is 0.875 bits per heavy atom. The second kappa shape index (κ2) is 10.6. The largest absolute Gasteiger partial charge is 0.709 e. The second-order valence-electron chi connectivity index (χ2n) is 6.90. The number of ketones is 2. The summed E-state index contributed by atoms with van der Waals surface area (Å²) in [5.41, 5.74) is 0. The molecule has 0 atom stereocenters. The van der Waals surface area contributed by atoms with Gasteiger partial charge in [-0.3, -0.25) is 9.59 Å². The Morgan fingerprint density at radius 3 is 1.50 bits per heavy atom. The van der Waals surface area contributed by atoms with Crippen LogP contribution in [0.15, 0.2) is 25.3 Å². The first-order chi connectivity index (χ1) is 11.0. The molecule has 0 heterocycles. The van der Waals surface area contributed by atoms with Crippen molar-refractivity contribution >= 4 is 19.8 Å². The summed E-state index contributed by atoms with van der Waals surface area (Å²) in [5, 5.41) is 0. The van der Waals surface area contributed by atoms with E-state index in [0.29, 0.717) is 34.9 Å². The lowest BCUT2D eigenvalue weighted by Gasteiger charge is -2.27. The third-order valence-electron chi connectivity index (χ3n) is 3.41. The van der Waals surface area contributed by atoms with Crippen molar-refractivity contribution in [2.75, 3.05) is 54.7 Å². The van der Waals surface area contributed by atoms with E-state index in [4.69, 9.17) is 9.05 Å². The number of carbonyl (C=O) groups excluding carboxylic acids is 2. The van der Waals surface area contributed by atoms with E-state index >= 15 is 0 Å². The zero-order valence-electron chi connectivity index (χ0n) is 15.2. The van der Waals surface area contributed by atoms with Crippen LogP contribution in [0.25, 0.3) is 0 Å². The molecule has 0 rings (SSSR count). The predicted octanol–water partition coefficient (Wildman–Crippen LogP) is 2.04. The average Bonchev–Trinajstić information content (AvgIpc) is 2.54. The third kappa shape index (κ3) is 11.3. The van der Waals surface area contributed by atoms with E-state index in [1.54, 1.807) is 0 Å². The summed E-state index contributed by atoms with van der Waals surface area (Å²) in [4.78, 5) is 22.5. The molecule has 0 aliphatic heterocycles. The molecule has 0 aromatic carbocycles. The van der Waals surface area contributed by atoms with E-state index in [2.05, 4.69) is 13.2 Å². The summed E-state index contributed by atoms with van der Waals surface area (Å²) in [6.07, 6.45) is 3.31. The highest BCUT2D eigenvalue weighted by Crippen LogP contribution is 2.26. The van der Waals surface area contributed by atoms with Crippen LogP contribution in [0.2, 0.25) is 0 Å². The molecule has 0 saturated carbocycles. The summed E-state index contributed by atoms with van der Waals surface area (Å²) < 4.78 is 23.1. The van der Waals surface area contributed by atoms with Gasteiger partial charge in [-0.25, -0.2) is 0 Å². The Hall–Kier alpha value is -1.24. The van der Waals surface area contributed by atoms with E-state index < -0.39 is 8.25 Å². The minimum atomic E-state index is -2.26. The van der Waals surface area contributed by atoms with Crippen molar-refractivity contribution in [3.63, 3.8) is 0 Å². The Balaban J connectivity index is 4.16. The van der Waals surface area contributed by atoms with E-state index in [1.165, 1.54) is 12.2 Å². The summed E-state index contributed by atoms with van der Waals surface area (Å²) >= 11 is 0. The molecule has 0 fully saturated rings. The van der Waals surface area contributed by atoms with Crippen LogP contribution in [0.1, 0.15) is 12.8 Å². The molecule has 0 aliphatic rings. The first kappa shape index (κ1) is 22.8. The maximum atomic E-state index is 11.8. The van der Waals surface area contributed by atoms with Crippen molar-refractivity contribution in [1.29, 1.82) is 0 Å². The zero-order chi connectivity index (χ0) is 18.8. The molecule has 0 amide bonds. The minimum Gasteiger partial charge on any atom is -0.302 e. The van der Waals surface area contributed by atoms with Gasteiger partial charge in [0, 0.05) is 4.57 Å². The molecule has 0 unspecified atom stereocenters. The summed E-state index contributed by atoms with van der Waals surface area (Å²) in [5.74, 6) is -0.0649. The molecule has 136 valence electrons. The van der Waals surface area contributed by atoms with Crippen LogP contribution < -0.4 is 0 Å². The number of hydrogen-bond acceptors (Lipinski definition) is 5. The van der Waals surface area contributed by atoms with Crippen molar-refractivity contribution in [3.8, 4) is 0 Å². The molecule has 0 saturated heterocycles. The first-order valence-corrected chi connectivity index (χ1v) is 8.78. The van der Waals surface area contributed by atoms with E-state index in [0.717, 1.165) is 0 Å². The van der Waals surface area contributed by atoms with Gasteiger partial charge in [0.15, 0.2) is 11.6 Å². The number of hydrogen-bond donors (Lipinski definition) is 0. The normalized spacial score (nSPS) is 11.8. The lowest BCUT2D eigenvalue weighted by Crippen LogP contribution is -2.43. The van der Waals surface area contributed by atoms with Crippen LogP contribution in [0.5, 0.6) is 0 Å². The van der Waals surface area contributed by atoms with Gasteiger partial charge in [0.25, 0.3) is 0 Å². The van der Waals surface area contributed by atoms with Gasteiger partial charge in [0.05, 0.1) is 54.1 Å². The van der Waals surface area contributed by atoms with Crippen molar-refractivity contribution < 1.29 is 32.2 Å². The second-order valence-corrected chi connectivity index (χ2v) is 7.86. The van der Waals surface area contributed by atoms with Gasteiger partial charge in [-0.2, -0.15) is 0 Å². The number of carbonyl (C=O) groups is 2.